The summed E-state index contributed by atoms with van der Waals surface area (Å²) in [7, 11) is 0. The third kappa shape index (κ3) is 3.16. The molecule has 0 unspecified atom stereocenters. The van der Waals surface area contributed by atoms with Crippen LogP contribution in [0.4, 0.5) is 5.82 Å². The van der Waals surface area contributed by atoms with Gasteiger partial charge in [-0.25, -0.2) is 9.97 Å². The van der Waals surface area contributed by atoms with Crippen molar-refractivity contribution in [1.29, 1.82) is 0 Å². The average molecular weight is 299 g/mol. The van der Waals surface area contributed by atoms with Crippen LogP contribution < -0.4 is 10.5 Å². The normalized spacial score (nSPS) is 16.0. The first-order valence-electron chi connectivity index (χ1n) is 7.68. The molecule has 1 aliphatic rings. The van der Waals surface area contributed by atoms with Crippen LogP contribution in [0, 0.1) is 19.8 Å². The molecule has 0 atom stereocenters. The van der Waals surface area contributed by atoms with Crippen molar-refractivity contribution in [3.63, 3.8) is 0 Å². The number of aromatic nitrogens is 4. The maximum absolute atomic E-state index is 12.1. The van der Waals surface area contributed by atoms with Crippen LogP contribution in [-0.2, 0) is 6.54 Å². The fourth-order valence-corrected chi connectivity index (χ4v) is 2.92. The van der Waals surface area contributed by atoms with Crippen molar-refractivity contribution in [2.45, 2.75) is 33.2 Å². The zero-order valence-electron chi connectivity index (χ0n) is 13.1. The molecule has 0 radical (unpaired) electrons. The number of hydrogen-bond donors (Lipinski definition) is 0. The minimum absolute atomic E-state index is 0.0713. The molecule has 0 spiro atoms. The van der Waals surface area contributed by atoms with Crippen LogP contribution in [0.25, 0.3) is 0 Å². The molecule has 22 heavy (non-hydrogen) atoms. The molecule has 1 aliphatic heterocycles. The Hall–Kier alpha value is -2.24. The molecule has 2 aromatic heterocycles. The van der Waals surface area contributed by atoms with E-state index < -0.39 is 0 Å². The fraction of sp³-hybridized carbons (Fsp3) is 0.500. The second kappa shape index (κ2) is 6.25. The molecule has 6 heteroatoms. The van der Waals surface area contributed by atoms with E-state index in [0.29, 0.717) is 11.5 Å². The first kappa shape index (κ1) is 14.7. The highest BCUT2D eigenvalue weighted by Gasteiger charge is 2.21. The van der Waals surface area contributed by atoms with Crippen LogP contribution in [0.2, 0.25) is 0 Å². The third-order valence-corrected chi connectivity index (χ3v) is 4.21. The highest BCUT2D eigenvalue weighted by Crippen LogP contribution is 2.22. The number of rotatable bonds is 3. The molecule has 0 N–H and O–H groups in total. The number of nitrogens with zero attached hydrogens (tertiary/aromatic N) is 5. The molecule has 0 aromatic carbocycles. The maximum Gasteiger partial charge on any atom is 0.256 e. The first-order valence-corrected chi connectivity index (χ1v) is 7.68. The van der Waals surface area contributed by atoms with Crippen molar-refractivity contribution in [3.8, 4) is 0 Å². The van der Waals surface area contributed by atoms with Gasteiger partial charge in [-0.15, -0.1) is 0 Å². The molecule has 3 rings (SSSR count). The summed E-state index contributed by atoms with van der Waals surface area (Å²) in [6.45, 7) is 6.43. The molecular formula is C16H21N5O. The van der Waals surface area contributed by atoms with Gasteiger partial charge in [0, 0.05) is 37.6 Å². The summed E-state index contributed by atoms with van der Waals surface area (Å²) in [5.41, 5.74) is 1.72. The molecule has 116 valence electrons. The van der Waals surface area contributed by atoms with E-state index in [0.717, 1.165) is 44.0 Å². The van der Waals surface area contributed by atoms with Gasteiger partial charge in [0.15, 0.2) is 0 Å². The maximum atomic E-state index is 12.1. The van der Waals surface area contributed by atoms with E-state index in [1.807, 2.05) is 20.0 Å². The van der Waals surface area contributed by atoms with Gasteiger partial charge in [-0.05, 0) is 32.6 Å². The second-order valence-corrected chi connectivity index (χ2v) is 5.98. The van der Waals surface area contributed by atoms with E-state index in [4.69, 9.17) is 0 Å². The van der Waals surface area contributed by atoms with Crippen LogP contribution in [0.5, 0.6) is 0 Å². The lowest BCUT2D eigenvalue weighted by Gasteiger charge is -2.32. The van der Waals surface area contributed by atoms with E-state index in [1.165, 1.54) is 0 Å². The summed E-state index contributed by atoms with van der Waals surface area (Å²) in [5, 5.41) is 0. The van der Waals surface area contributed by atoms with Crippen LogP contribution in [0.3, 0.4) is 0 Å². The summed E-state index contributed by atoms with van der Waals surface area (Å²) in [4.78, 5) is 27.2. The molecule has 0 saturated carbocycles. The molecular weight excluding hydrogens is 278 g/mol. The van der Waals surface area contributed by atoms with Gasteiger partial charge in [0.1, 0.15) is 5.82 Å². The van der Waals surface area contributed by atoms with E-state index >= 15 is 0 Å². The largest absolute Gasteiger partial charge is 0.355 e. The predicted molar refractivity (Wildman–Crippen MR) is 84.9 cm³/mol. The molecule has 0 aliphatic carbocycles. The van der Waals surface area contributed by atoms with Gasteiger partial charge in [-0.2, -0.15) is 0 Å². The summed E-state index contributed by atoms with van der Waals surface area (Å²) in [6.07, 6.45) is 8.97. The molecule has 1 saturated heterocycles. The van der Waals surface area contributed by atoms with Crippen LogP contribution in [0.1, 0.15) is 24.1 Å². The monoisotopic (exact) mass is 299 g/mol. The van der Waals surface area contributed by atoms with Crippen molar-refractivity contribution in [1.82, 2.24) is 19.5 Å². The quantitative estimate of drug-likeness (QED) is 0.860. The van der Waals surface area contributed by atoms with E-state index in [2.05, 4.69) is 19.9 Å². The first-order chi connectivity index (χ1) is 10.6. The zero-order valence-corrected chi connectivity index (χ0v) is 13.1. The number of hydrogen-bond acceptors (Lipinski definition) is 5. The van der Waals surface area contributed by atoms with Gasteiger partial charge in [0.05, 0.1) is 18.2 Å². The van der Waals surface area contributed by atoms with Gasteiger partial charge in [-0.1, -0.05) is 0 Å². The van der Waals surface area contributed by atoms with Gasteiger partial charge < -0.3 is 4.90 Å². The topological polar surface area (TPSA) is 63.9 Å². The highest BCUT2D eigenvalue weighted by molar-refractivity contribution is 5.36. The van der Waals surface area contributed by atoms with Crippen molar-refractivity contribution in [2.75, 3.05) is 18.0 Å². The highest BCUT2D eigenvalue weighted by atomic mass is 16.1. The average Bonchev–Trinajstić information content (AvgIpc) is 2.53. The molecule has 0 bridgehead atoms. The summed E-state index contributed by atoms with van der Waals surface area (Å²) in [5.74, 6) is 1.46. The summed E-state index contributed by atoms with van der Waals surface area (Å²) in [6, 6.07) is 0. The Morgan fingerprint density at radius 1 is 1.14 bits per heavy atom. The van der Waals surface area contributed by atoms with Crippen LogP contribution in [-0.4, -0.2) is 32.6 Å². The minimum atomic E-state index is 0.0713. The lowest BCUT2D eigenvalue weighted by Crippen LogP contribution is -2.37. The lowest BCUT2D eigenvalue weighted by atomic mass is 9.96. The fourth-order valence-electron chi connectivity index (χ4n) is 2.92. The Kier molecular flexibility index (Phi) is 4.18. The second-order valence-electron chi connectivity index (χ2n) is 5.98. The number of anilines is 1. The molecule has 3 heterocycles. The Morgan fingerprint density at radius 3 is 2.64 bits per heavy atom. The molecule has 1 fully saturated rings. The Bertz CT molecular complexity index is 704. The number of piperidine rings is 1. The Morgan fingerprint density at radius 2 is 1.91 bits per heavy atom. The van der Waals surface area contributed by atoms with Gasteiger partial charge >= 0.3 is 0 Å². The zero-order chi connectivity index (χ0) is 15.5. The van der Waals surface area contributed by atoms with E-state index in [-0.39, 0.29) is 5.56 Å². The van der Waals surface area contributed by atoms with Gasteiger partial charge in [-0.3, -0.25) is 14.3 Å². The molecule has 0 amide bonds. The summed E-state index contributed by atoms with van der Waals surface area (Å²) >= 11 is 0. The predicted octanol–water partition coefficient (Wildman–Crippen LogP) is 1.57. The summed E-state index contributed by atoms with van der Waals surface area (Å²) < 4.78 is 1.74. The van der Waals surface area contributed by atoms with Crippen molar-refractivity contribution >= 4 is 5.82 Å². The van der Waals surface area contributed by atoms with E-state index in [1.54, 1.807) is 23.3 Å². The van der Waals surface area contributed by atoms with Crippen molar-refractivity contribution in [2.24, 2.45) is 5.92 Å². The number of aryl methyl sites for hydroxylation is 2. The smallest absolute Gasteiger partial charge is 0.256 e. The molecule has 2 aromatic rings. The lowest BCUT2D eigenvalue weighted by molar-refractivity contribution is 0.349. The Balaban J connectivity index is 1.62. The Labute approximate surface area is 129 Å². The SMILES string of the molecule is Cc1cncc(N2CCC(Cn3cncc(C)c3=O)CC2)n1. The van der Waals surface area contributed by atoms with Gasteiger partial charge in [0.25, 0.3) is 5.56 Å². The molecule has 6 nitrogen and oxygen atoms in total. The standard InChI is InChI=1S/C16H21N5O/c1-12-7-18-11-21(16(12)22)10-14-3-5-20(6-4-14)15-9-17-8-13(2)19-15/h7-9,11,14H,3-6,10H2,1-2H3. The van der Waals surface area contributed by atoms with Crippen LogP contribution in [0.15, 0.2) is 29.7 Å². The third-order valence-electron chi connectivity index (χ3n) is 4.21. The van der Waals surface area contributed by atoms with Crippen molar-refractivity contribution < 1.29 is 0 Å². The van der Waals surface area contributed by atoms with Crippen LogP contribution >= 0.6 is 0 Å². The van der Waals surface area contributed by atoms with E-state index in [9.17, 15) is 4.79 Å². The van der Waals surface area contributed by atoms with Crippen molar-refractivity contribution in [3.05, 3.63) is 46.5 Å². The minimum Gasteiger partial charge on any atom is -0.355 e. The van der Waals surface area contributed by atoms with Gasteiger partial charge in [0.2, 0.25) is 0 Å².